The Bertz CT molecular complexity index is 799. The third-order valence-electron chi connectivity index (χ3n) is 5.32. The first-order valence-electron chi connectivity index (χ1n) is 9.15. The highest BCUT2D eigenvalue weighted by Crippen LogP contribution is 2.32. The van der Waals surface area contributed by atoms with Gasteiger partial charge in [0.25, 0.3) is 0 Å². The predicted octanol–water partition coefficient (Wildman–Crippen LogP) is 2.26. The Balaban J connectivity index is 1.79. The molecule has 2 N–H and O–H groups in total. The van der Waals surface area contributed by atoms with Crippen molar-refractivity contribution in [2.45, 2.75) is 37.6 Å². The van der Waals surface area contributed by atoms with Crippen LogP contribution in [0.4, 0.5) is 0 Å². The van der Waals surface area contributed by atoms with Gasteiger partial charge in [-0.15, -0.1) is 0 Å². The van der Waals surface area contributed by atoms with Gasteiger partial charge in [0.05, 0.1) is 6.61 Å². The number of fused-ring (bicyclic) bond motifs is 1. The number of hydrogen-bond donors (Lipinski definition) is 2. The number of nitrogens with one attached hydrogen (secondary N) is 1. The summed E-state index contributed by atoms with van der Waals surface area (Å²) in [7, 11) is 1.70. The van der Waals surface area contributed by atoms with Crippen LogP contribution in [0.1, 0.15) is 31.2 Å². The van der Waals surface area contributed by atoms with Gasteiger partial charge in [-0.1, -0.05) is 42.5 Å². The lowest BCUT2D eigenvalue weighted by Crippen LogP contribution is -2.44. The monoisotopic (exact) mass is 354 g/mol. The van der Waals surface area contributed by atoms with Crippen molar-refractivity contribution in [2.24, 2.45) is 0 Å². The second kappa shape index (κ2) is 7.87. The highest BCUT2D eigenvalue weighted by atomic mass is 16.3. The van der Waals surface area contributed by atoms with Crippen LogP contribution in [0.3, 0.4) is 0 Å². The summed E-state index contributed by atoms with van der Waals surface area (Å²) < 4.78 is 0. The van der Waals surface area contributed by atoms with Crippen LogP contribution in [0.25, 0.3) is 10.8 Å². The molecule has 1 aliphatic heterocycles. The average molecular weight is 354 g/mol. The van der Waals surface area contributed by atoms with E-state index in [4.69, 9.17) is 5.11 Å². The molecule has 0 bridgehead atoms. The molecule has 1 heterocycles. The molecule has 5 nitrogen and oxygen atoms in total. The van der Waals surface area contributed by atoms with Crippen LogP contribution >= 0.6 is 0 Å². The number of aliphatic hydroxyl groups is 1. The minimum Gasteiger partial charge on any atom is -0.395 e. The molecule has 0 unspecified atom stereocenters. The van der Waals surface area contributed by atoms with Gasteiger partial charge in [0.15, 0.2) is 0 Å². The van der Waals surface area contributed by atoms with Crippen molar-refractivity contribution in [2.75, 3.05) is 20.2 Å². The molecule has 26 heavy (non-hydrogen) atoms. The molecule has 0 radical (unpaired) electrons. The van der Waals surface area contributed by atoms with Crippen LogP contribution < -0.4 is 5.32 Å². The second-order valence-corrected chi connectivity index (χ2v) is 7.18. The summed E-state index contributed by atoms with van der Waals surface area (Å²) in [4.78, 5) is 25.8. The topological polar surface area (TPSA) is 69.6 Å². The van der Waals surface area contributed by atoms with Gasteiger partial charge in [-0.25, -0.2) is 0 Å². The molecule has 1 aliphatic rings. The fourth-order valence-corrected chi connectivity index (χ4v) is 3.81. The standard InChI is InChI=1S/C21H26N2O3/c1-23(13-14-24)20(26)10-12-21(11-9-19(25)22-21)15-17-7-4-6-16-5-2-3-8-18(16)17/h2-8,24H,9-15H2,1H3,(H,22,25)/t21-/m0/s1. The highest BCUT2D eigenvalue weighted by molar-refractivity contribution is 5.86. The van der Waals surface area contributed by atoms with E-state index in [9.17, 15) is 9.59 Å². The van der Waals surface area contributed by atoms with Crippen molar-refractivity contribution in [3.63, 3.8) is 0 Å². The minimum atomic E-state index is -0.378. The van der Waals surface area contributed by atoms with Crippen LogP contribution in [0.5, 0.6) is 0 Å². The fraction of sp³-hybridized carbons (Fsp3) is 0.429. The Morgan fingerprint density at radius 1 is 1.23 bits per heavy atom. The molecule has 5 heteroatoms. The first kappa shape index (κ1) is 18.4. The maximum absolute atomic E-state index is 12.3. The van der Waals surface area contributed by atoms with E-state index in [2.05, 4.69) is 29.6 Å². The zero-order valence-electron chi connectivity index (χ0n) is 15.2. The summed E-state index contributed by atoms with van der Waals surface area (Å²) in [5.74, 6) is 0.0545. The van der Waals surface area contributed by atoms with Crippen LogP contribution in [-0.4, -0.2) is 47.6 Å². The molecule has 1 fully saturated rings. The SMILES string of the molecule is CN(CCO)C(=O)CC[C@]1(Cc2cccc3ccccc23)CCC(=O)N1. The summed E-state index contributed by atoms with van der Waals surface area (Å²) in [5.41, 5.74) is 0.818. The van der Waals surface area contributed by atoms with Gasteiger partial charge in [0.2, 0.25) is 11.8 Å². The van der Waals surface area contributed by atoms with Crippen molar-refractivity contribution in [3.05, 3.63) is 48.0 Å². The highest BCUT2D eigenvalue weighted by Gasteiger charge is 2.38. The van der Waals surface area contributed by atoms with Crippen LogP contribution in [-0.2, 0) is 16.0 Å². The smallest absolute Gasteiger partial charge is 0.222 e. The lowest BCUT2D eigenvalue weighted by molar-refractivity contribution is -0.131. The van der Waals surface area contributed by atoms with E-state index in [0.717, 1.165) is 12.8 Å². The quantitative estimate of drug-likeness (QED) is 0.801. The molecule has 0 aromatic heterocycles. The Morgan fingerprint density at radius 3 is 2.73 bits per heavy atom. The first-order chi connectivity index (χ1) is 12.5. The van der Waals surface area contributed by atoms with E-state index in [0.29, 0.717) is 25.8 Å². The number of hydrogen-bond acceptors (Lipinski definition) is 3. The Labute approximate surface area is 154 Å². The molecule has 138 valence electrons. The fourth-order valence-electron chi connectivity index (χ4n) is 3.81. The lowest BCUT2D eigenvalue weighted by Gasteiger charge is -2.30. The largest absolute Gasteiger partial charge is 0.395 e. The van der Waals surface area contributed by atoms with E-state index in [1.807, 2.05) is 18.2 Å². The molecule has 2 aromatic rings. The Morgan fingerprint density at radius 2 is 2.00 bits per heavy atom. The van der Waals surface area contributed by atoms with Crippen molar-refractivity contribution in [3.8, 4) is 0 Å². The molecular formula is C21H26N2O3. The Hall–Kier alpha value is -2.40. The average Bonchev–Trinajstić information content (AvgIpc) is 3.01. The van der Waals surface area contributed by atoms with Gasteiger partial charge in [-0.05, 0) is 35.6 Å². The number of benzene rings is 2. The number of amides is 2. The van der Waals surface area contributed by atoms with Gasteiger partial charge < -0.3 is 15.3 Å². The zero-order valence-corrected chi connectivity index (χ0v) is 15.2. The van der Waals surface area contributed by atoms with E-state index >= 15 is 0 Å². The summed E-state index contributed by atoms with van der Waals surface area (Å²) in [5, 5.41) is 14.5. The van der Waals surface area contributed by atoms with E-state index in [1.54, 1.807) is 11.9 Å². The molecule has 2 aromatic carbocycles. The second-order valence-electron chi connectivity index (χ2n) is 7.18. The maximum Gasteiger partial charge on any atom is 0.222 e. The summed E-state index contributed by atoms with van der Waals surface area (Å²) in [6.07, 6.45) is 2.94. The van der Waals surface area contributed by atoms with Crippen LogP contribution in [0.15, 0.2) is 42.5 Å². The molecular weight excluding hydrogens is 328 g/mol. The van der Waals surface area contributed by atoms with Crippen LogP contribution in [0.2, 0.25) is 0 Å². The minimum absolute atomic E-state index is 0.00232. The summed E-state index contributed by atoms with van der Waals surface area (Å²) >= 11 is 0. The molecule has 1 atom stereocenters. The molecule has 1 saturated heterocycles. The number of carbonyl (C=O) groups excluding carboxylic acids is 2. The summed E-state index contributed by atoms with van der Waals surface area (Å²) in [6, 6.07) is 14.5. The van der Waals surface area contributed by atoms with Gasteiger partial charge in [-0.2, -0.15) is 0 Å². The molecule has 3 rings (SSSR count). The van der Waals surface area contributed by atoms with Crippen molar-refractivity contribution < 1.29 is 14.7 Å². The Kier molecular flexibility index (Phi) is 5.57. The van der Waals surface area contributed by atoms with E-state index in [-0.39, 0.29) is 24.0 Å². The van der Waals surface area contributed by atoms with E-state index in [1.165, 1.54) is 16.3 Å². The third-order valence-corrected chi connectivity index (χ3v) is 5.32. The number of likely N-dealkylation sites (N-methyl/N-ethyl adjacent to an activating group) is 1. The van der Waals surface area contributed by atoms with Gasteiger partial charge in [0.1, 0.15) is 0 Å². The van der Waals surface area contributed by atoms with Crippen molar-refractivity contribution >= 4 is 22.6 Å². The molecule has 0 spiro atoms. The van der Waals surface area contributed by atoms with Gasteiger partial charge in [0, 0.05) is 32.0 Å². The molecule has 0 saturated carbocycles. The number of aliphatic hydroxyl groups excluding tert-OH is 1. The van der Waals surface area contributed by atoms with Crippen molar-refractivity contribution in [1.29, 1.82) is 0 Å². The summed E-state index contributed by atoms with van der Waals surface area (Å²) in [6.45, 7) is 0.293. The number of nitrogens with zero attached hydrogens (tertiary/aromatic N) is 1. The third kappa shape index (κ3) is 4.05. The number of rotatable bonds is 7. The van der Waals surface area contributed by atoms with E-state index < -0.39 is 0 Å². The molecule has 2 amide bonds. The van der Waals surface area contributed by atoms with Gasteiger partial charge >= 0.3 is 0 Å². The van der Waals surface area contributed by atoms with Gasteiger partial charge in [-0.3, -0.25) is 9.59 Å². The predicted molar refractivity (Wildman–Crippen MR) is 102 cm³/mol. The normalized spacial score (nSPS) is 19.5. The molecule has 0 aliphatic carbocycles. The van der Waals surface area contributed by atoms with Crippen molar-refractivity contribution in [1.82, 2.24) is 10.2 Å². The lowest BCUT2D eigenvalue weighted by atomic mass is 9.83. The first-order valence-corrected chi connectivity index (χ1v) is 9.15. The number of carbonyl (C=O) groups is 2. The zero-order chi connectivity index (χ0) is 18.6. The maximum atomic E-state index is 12.3. The van der Waals surface area contributed by atoms with Crippen LogP contribution in [0, 0.1) is 0 Å².